The highest BCUT2D eigenvalue weighted by Crippen LogP contribution is 2.62. The van der Waals surface area contributed by atoms with Crippen LogP contribution in [-0.2, 0) is 23.8 Å². The van der Waals surface area contributed by atoms with Crippen LogP contribution in [0.4, 0.5) is 0 Å². The predicted molar refractivity (Wildman–Crippen MR) is 125 cm³/mol. The first kappa shape index (κ1) is 25.8. The van der Waals surface area contributed by atoms with Crippen molar-refractivity contribution in [3.63, 3.8) is 0 Å². The fourth-order valence-electron chi connectivity index (χ4n) is 6.17. The zero-order valence-corrected chi connectivity index (χ0v) is 20.9. The Kier molecular flexibility index (Phi) is 7.56. The topological polar surface area (TPSA) is 121 Å². The number of aliphatic hydroxyl groups is 2. The van der Waals surface area contributed by atoms with Gasteiger partial charge in [0.25, 0.3) is 0 Å². The Balaban J connectivity index is 1.26. The Hall–Kier alpha value is -1.32. The molecule has 3 N–H and O–H groups in total. The number of ketones is 1. The number of allylic oxidation sites excluding steroid dienone is 1. The Labute approximate surface area is 202 Å². The molecule has 3 heterocycles. The first-order valence-electron chi connectivity index (χ1n) is 13.0. The highest BCUT2D eigenvalue weighted by atomic mass is 16.7. The summed E-state index contributed by atoms with van der Waals surface area (Å²) in [5.74, 6) is 0.515. The van der Waals surface area contributed by atoms with Crippen LogP contribution in [0.15, 0.2) is 12.2 Å². The number of hydrogen-bond donors (Lipinski definition) is 3. The number of amides is 1. The lowest BCUT2D eigenvalue weighted by Crippen LogP contribution is -2.57. The molecule has 0 aromatic rings. The Morgan fingerprint density at radius 2 is 1.79 bits per heavy atom. The number of unbranched alkanes of at least 4 members (excludes halogenated alkanes) is 3. The van der Waals surface area contributed by atoms with E-state index in [-0.39, 0.29) is 18.1 Å². The van der Waals surface area contributed by atoms with Crippen molar-refractivity contribution in [3.05, 3.63) is 12.2 Å². The maximum Gasteiger partial charge on any atom is 0.244 e. The van der Waals surface area contributed by atoms with Gasteiger partial charge >= 0.3 is 0 Å². The minimum Gasteiger partial charge on any atom is -0.384 e. The van der Waals surface area contributed by atoms with Gasteiger partial charge in [0, 0.05) is 12.8 Å². The zero-order chi connectivity index (χ0) is 24.7. The molecule has 0 aromatic carbocycles. The molecule has 1 aliphatic carbocycles. The summed E-state index contributed by atoms with van der Waals surface area (Å²) in [6.45, 7) is 8.04. The van der Waals surface area contributed by atoms with Crippen molar-refractivity contribution in [2.24, 2.45) is 11.8 Å². The van der Waals surface area contributed by atoms with E-state index < -0.39 is 47.9 Å². The lowest BCUT2D eigenvalue weighted by Gasteiger charge is -2.33. The highest BCUT2D eigenvalue weighted by Gasteiger charge is 2.83. The molecule has 4 rings (SSSR count). The number of hydrogen-bond acceptors (Lipinski definition) is 7. The number of fused-ring (bicyclic) bond motifs is 4. The van der Waals surface area contributed by atoms with Gasteiger partial charge < -0.3 is 29.7 Å². The number of ether oxygens (including phenoxy) is 3. The standard InChI is InChI=1S/C26H41NO7/c1-5-6-7-8-9-15(2)12-16(3)10-11-19(29)27-18-14-26(34-24(18)30)22-20(32-22)25(31,13-17(4)28)21-23(26)33-21/h10-11,15-16,18,20-24,30-31H,5-9,12-14H2,1-4H3,(H,27,29)/b11-10+/t15-,16-,18+,20-,21+,22+,23-,24+,25?,26?/m1/s1. The number of rotatable bonds is 12. The van der Waals surface area contributed by atoms with Gasteiger partial charge in [-0.2, -0.15) is 0 Å². The van der Waals surface area contributed by atoms with E-state index in [1.54, 1.807) is 6.08 Å². The van der Waals surface area contributed by atoms with E-state index in [1.807, 2.05) is 6.08 Å². The van der Waals surface area contributed by atoms with Gasteiger partial charge in [0.2, 0.25) is 5.91 Å². The smallest absolute Gasteiger partial charge is 0.244 e. The number of Topliss-reactive ketones (excluding diaryl/α,β-unsaturated/α-hetero) is 1. The van der Waals surface area contributed by atoms with Crippen LogP contribution in [0.2, 0.25) is 0 Å². The fraction of sp³-hybridized carbons (Fsp3) is 0.846. The average Bonchev–Trinajstić information content (AvgIpc) is 3.66. The molecule has 1 saturated carbocycles. The van der Waals surface area contributed by atoms with E-state index >= 15 is 0 Å². The Morgan fingerprint density at radius 1 is 1.12 bits per heavy atom. The third-order valence-corrected chi connectivity index (χ3v) is 7.92. The van der Waals surface area contributed by atoms with E-state index in [0.717, 1.165) is 6.42 Å². The summed E-state index contributed by atoms with van der Waals surface area (Å²) in [5, 5.41) is 24.4. The van der Waals surface area contributed by atoms with Crippen molar-refractivity contribution in [2.45, 2.75) is 127 Å². The second-order valence-electron chi connectivity index (χ2n) is 11.1. The van der Waals surface area contributed by atoms with Gasteiger partial charge in [0.05, 0.1) is 6.04 Å². The SMILES string of the molecule is CCCCCC[C@@H](C)C[C@H](C)/C=C/C(=O)N[C@H]1CC2(O[C@@H]1O)[C@@H]1O[C@@H]1C(O)(CC(C)=O)[C@@H]1O[C@@H]12. The van der Waals surface area contributed by atoms with Crippen molar-refractivity contribution < 1.29 is 34.0 Å². The normalized spacial score (nSPS) is 41.7. The van der Waals surface area contributed by atoms with Gasteiger partial charge in [-0.15, -0.1) is 0 Å². The summed E-state index contributed by atoms with van der Waals surface area (Å²) in [7, 11) is 0. The maximum absolute atomic E-state index is 12.6. The highest BCUT2D eigenvalue weighted by molar-refractivity contribution is 5.87. The monoisotopic (exact) mass is 479 g/mol. The molecule has 0 bridgehead atoms. The molecule has 8 heteroatoms. The van der Waals surface area contributed by atoms with E-state index in [0.29, 0.717) is 18.3 Å². The summed E-state index contributed by atoms with van der Waals surface area (Å²) in [6.07, 6.45) is 7.87. The molecule has 10 atom stereocenters. The molecule has 0 aromatic heterocycles. The Morgan fingerprint density at radius 3 is 2.41 bits per heavy atom. The Bertz CT molecular complexity index is 780. The molecular weight excluding hydrogens is 438 g/mol. The average molecular weight is 480 g/mol. The van der Waals surface area contributed by atoms with E-state index in [9.17, 15) is 19.8 Å². The molecule has 1 spiro atoms. The van der Waals surface area contributed by atoms with Crippen molar-refractivity contribution >= 4 is 11.7 Å². The molecule has 4 aliphatic rings. The third kappa shape index (κ3) is 5.12. The first-order valence-corrected chi connectivity index (χ1v) is 13.0. The van der Waals surface area contributed by atoms with Gasteiger partial charge in [0.1, 0.15) is 41.4 Å². The quantitative estimate of drug-likeness (QED) is 0.223. The lowest BCUT2D eigenvalue weighted by atomic mass is 9.72. The van der Waals surface area contributed by atoms with Gasteiger partial charge in [-0.1, -0.05) is 59.0 Å². The number of carbonyl (C=O) groups excluding carboxylic acids is 2. The minimum absolute atomic E-state index is 0.0333. The summed E-state index contributed by atoms with van der Waals surface area (Å²) in [5.41, 5.74) is -2.27. The molecule has 4 fully saturated rings. The molecule has 2 unspecified atom stereocenters. The summed E-state index contributed by atoms with van der Waals surface area (Å²) >= 11 is 0. The van der Waals surface area contributed by atoms with Gasteiger partial charge in [-0.3, -0.25) is 9.59 Å². The minimum atomic E-state index is -1.35. The fourth-order valence-corrected chi connectivity index (χ4v) is 6.17. The van der Waals surface area contributed by atoms with Crippen LogP contribution >= 0.6 is 0 Å². The van der Waals surface area contributed by atoms with Gasteiger partial charge in [-0.25, -0.2) is 0 Å². The van der Waals surface area contributed by atoms with Crippen LogP contribution in [0.25, 0.3) is 0 Å². The van der Waals surface area contributed by atoms with Crippen LogP contribution in [0, 0.1) is 11.8 Å². The van der Waals surface area contributed by atoms with Crippen molar-refractivity contribution in [1.82, 2.24) is 5.32 Å². The summed E-state index contributed by atoms with van der Waals surface area (Å²) in [4.78, 5) is 24.2. The van der Waals surface area contributed by atoms with Crippen LogP contribution < -0.4 is 5.32 Å². The maximum atomic E-state index is 12.6. The van der Waals surface area contributed by atoms with Crippen LogP contribution in [0.1, 0.15) is 79.1 Å². The molecule has 3 saturated heterocycles. The predicted octanol–water partition coefficient (Wildman–Crippen LogP) is 2.40. The van der Waals surface area contributed by atoms with Crippen LogP contribution in [0.3, 0.4) is 0 Å². The molecule has 0 radical (unpaired) electrons. The third-order valence-electron chi connectivity index (χ3n) is 7.92. The van der Waals surface area contributed by atoms with E-state index in [4.69, 9.17) is 14.2 Å². The number of aliphatic hydroxyl groups excluding tert-OH is 1. The summed E-state index contributed by atoms with van der Waals surface area (Å²) < 4.78 is 17.4. The van der Waals surface area contributed by atoms with Crippen molar-refractivity contribution in [2.75, 3.05) is 0 Å². The van der Waals surface area contributed by atoms with Crippen LogP contribution in [0.5, 0.6) is 0 Å². The first-order chi connectivity index (χ1) is 16.1. The lowest BCUT2D eigenvalue weighted by molar-refractivity contribution is -0.161. The number of nitrogens with one attached hydrogen (secondary N) is 1. The van der Waals surface area contributed by atoms with Crippen molar-refractivity contribution in [1.29, 1.82) is 0 Å². The number of carbonyl (C=O) groups is 2. The second kappa shape index (κ2) is 9.97. The van der Waals surface area contributed by atoms with Crippen LogP contribution in [-0.4, -0.2) is 69.9 Å². The largest absolute Gasteiger partial charge is 0.384 e. The molecule has 1 amide bonds. The number of epoxide rings is 2. The van der Waals surface area contributed by atoms with Gasteiger partial charge in [-0.05, 0) is 31.3 Å². The molecular formula is C26H41NO7. The molecule has 34 heavy (non-hydrogen) atoms. The van der Waals surface area contributed by atoms with Gasteiger partial charge in [0.15, 0.2) is 6.29 Å². The van der Waals surface area contributed by atoms with Crippen molar-refractivity contribution in [3.8, 4) is 0 Å². The molecule has 8 nitrogen and oxygen atoms in total. The summed E-state index contributed by atoms with van der Waals surface area (Å²) in [6, 6.07) is -0.598. The zero-order valence-electron chi connectivity index (χ0n) is 20.9. The van der Waals surface area contributed by atoms with E-state index in [2.05, 4.69) is 26.1 Å². The second-order valence-corrected chi connectivity index (χ2v) is 11.1. The molecule has 192 valence electrons. The molecule has 3 aliphatic heterocycles. The van der Waals surface area contributed by atoms with E-state index in [1.165, 1.54) is 39.0 Å².